The van der Waals surface area contributed by atoms with Crippen molar-refractivity contribution in [1.29, 1.82) is 0 Å². The van der Waals surface area contributed by atoms with Crippen LogP contribution >= 0.6 is 0 Å². The lowest BCUT2D eigenvalue weighted by Crippen LogP contribution is -2.34. The van der Waals surface area contributed by atoms with Gasteiger partial charge in [0, 0.05) is 38.2 Å². The highest BCUT2D eigenvalue weighted by molar-refractivity contribution is 5.81. The fourth-order valence-electron chi connectivity index (χ4n) is 12.1. The summed E-state index contributed by atoms with van der Waals surface area (Å²) in [6.07, 6.45) is 22.3. The van der Waals surface area contributed by atoms with E-state index >= 15 is 0 Å². The van der Waals surface area contributed by atoms with Crippen LogP contribution in [0.25, 0.3) is 0 Å². The Morgan fingerprint density at radius 1 is 0.329 bits per heavy atom. The van der Waals surface area contributed by atoms with Gasteiger partial charge in [-0.05, 0) is 171 Å². The molecule has 0 aromatic carbocycles. The maximum atomic E-state index is 14.0. The van der Waals surface area contributed by atoms with Gasteiger partial charge >= 0.3 is 41.8 Å². The number of hydrogen-bond donors (Lipinski definition) is 0. The van der Waals surface area contributed by atoms with Crippen LogP contribution in [0.15, 0.2) is 0 Å². The van der Waals surface area contributed by atoms with Gasteiger partial charge in [0.2, 0.25) is 0 Å². The summed E-state index contributed by atoms with van der Waals surface area (Å²) < 4.78 is 67.7. The highest BCUT2D eigenvalue weighted by Gasteiger charge is 2.47. The van der Waals surface area contributed by atoms with Crippen LogP contribution in [0.2, 0.25) is 0 Å². The summed E-state index contributed by atoms with van der Waals surface area (Å²) in [4.78, 5) is 90.9. The average molecular weight is 1120 g/mol. The molecule has 0 radical (unpaired) electrons. The summed E-state index contributed by atoms with van der Waals surface area (Å²) >= 11 is 0. The summed E-state index contributed by atoms with van der Waals surface area (Å²) in [5, 5.41) is 0. The molecule has 4 aliphatic heterocycles. The van der Waals surface area contributed by atoms with E-state index in [1.54, 1.807) is 0 Å². The third-order valence-electron chi connectivity index (χ3n) is 17.4. The molecular formula is C60H92O19. The van der Waals surface area contributed by atoms with Gasteiger partial charge in [0.25, 0.3) is 0 Å². The first kappa shape index (κ1) is 61.2. The molecule has 8 fully saturated rings. The Bertz CT molecular complexity index is 1950. The van der Waals surface area contributed by atoms with E-state index in [4.69, 9.17) is 56.8 Å². The molecule has 0 aromatic heterocycles. The minimum atomic E-state index is -1.10. The van der Waals surface area contributed by atoms with E-state index in [1.165, 1.54) is 0 Å². The monoisotopic (exact) mass is 1120 g/mol. The van der Waals surface area contributed by atoms with Gasteiger partial charge in [0.1, 0.15) is 0 Å². The normalized spacial score (nSPS) is 29.4. The molecule has 4 heterocycles. The van der Waals surface area contributed by atoms with Crippen molar-refractivity contribution in [2.45, 2.75) is 241 Å². The number of epoxide rings is 4. The highest BCUT2D eigenvalue weighted by atomic mass is 16.6. The number of esters is 7. The van der Waals surface area contributed by atoms with E-state index in [0.717, 1.165) is 77.0 Å². The molecule has 8 rings (SSSR count). The van der Waals surface area contributed by atoms with Gasteiger partial charge in [0.05, 0.1) is 120 Å². The van der Waals surface area contributed by atoms with Crippen LogP contribution in [0.4, 0.5) is 0 Å². The van der Waals surface area contributed by atoms with Crippen molar-refractivity contribution in [3.63, 3.8) is 0 Å². The van der Waals surface area contributed by atoms with Crippen LogP contribution < -0.4 is 0 Å². The van der Waals surface area contributed by atoms with Gasteiger partial charge in [-0.15, -0.1) is 0 Å². The molecular weight excluding hydrogens is 1020 g/mol. The first-order valence-corrected chi connectivity index (χ1v) is 30.8. The Labute approximate surface area is 467 Å². The molecule has 4 aliphatic carbocycles. The molecule has 14 atom stereocenters. The maximum Gasteiger partial charge on any atom is 0.309 e. The van der Waals surface area contributed by atoms with Gasteiger partial charge in [-0.2, -0.15) is 0 Å². The Kier molecular flexibility index (Phi) is 25.3. The second kappa shape index (κ2) is 32.7. The van der Waals surface area contributed by atoms with Gasteiger partial charge in [0.15, 0.2) is 0 Å². The largest absolute Gasteiger partial charge is 0.466 e. The predicted octanol–water partition coefficient (Wildman–Crippen LogP) is 8.33. The van der Waals surface area contributed by atoms with Gasteiger partial charge in [-0.3, -0.25) is 33.6 Å². The lowest BCUT2D eigenvalue weighted by atomic mass is 9.87. The first-order valence-electron chi connectivity index (χ1n) is 30.8. The summed E-state index contributed by atoms with van der Waals surface area (Å²) in [5.41, 5.74) is 0. The second-order valence-electron chi connectivity index (χ2n) is 24.0. The zero-order valence-electron chi connectivity index (χ0n) is 46.9. The van der Waals surface area contributed by atoms with E-state index < -0.39 is 29.7 Å². The van der Waals surface area contributed by atoms with Crippen LogP contribution in [0.1, 0.15) is 193 Å². The van der Waals surface area contributed by atoms with Crippen LogP contribution in [0.3, 0.4) is 0 Å². The van der Waals surface area contributed by atoms with Crippen LogP contribution in [0, 0.1) is 35.5 Å². The maximum absolute atomic E-state index is 14.0. The second-order valence-corrected chi connectivity index (χ2v) is 24.0. The van der Waals surface area contributed by atoms with Gasteiger partial charge < -0.3 is 56.8 Å². The summed E-state index contributed by atoms with van der Waals surface area (Å²) in [6.45, 7) is 2.15. The third kappa shape index (κ3) is 23.1. The standard InChI is InChI=1S/C60H92O19/c61-54(72-35-40-17-21-46-50(29-40)76-46)13-5-1-9-25-68-39-44(33-58(65)69-26-10-2-6-14-55(62)73-36-41-18-22-47-51(30-41)77-47)45(60(67)71-28-12-4-8-16-57(64)75-38-43-20-24-49-53(32-43)79-49)34-59(66)70-27-11-3-7-15-56(63)74-37-42-19-23-48-52(31-42)78-48/h40-53H,1-39H2. The van der Waals surface area contributed by atoms with Gasteiger partial charge in [-0.1, -0.05) is 6.42 Å². The van der Waals surface area contributed by atoms with Crippen LogP contribution in [-0.2, 0) is 90.4 Å². The Balaban J connectivity index is 0.766. The predicted molar refractivity (Wildman–Crippen MR) is 282 cm³/mol. The molecule has 0 bridgehead atoms. The van der Waals surface area contributed by atoms with Crippen molar-refractivity contribution >= 4 is 41.8 Å². The van der Waals surface area contributed by atoms with Crippen LogP contribution in [0.5, 0.6) is 0 Å². The number of unbranched alkanes of at least 4 members (excludes halogenated alkanes) is 8. The molecule has 446 valence electrons. The van der Waals surface area contributed by atoms with E-state index in [9.17, 15) is 33.6 Å². The first-order chi connectivity index (χ1) is 38.5. The molecule has 0 spiro atoms. The topological polar surface area (TPSA) is 243 Å². The quantitative estimate of drug-likeness (QED) is 0.0242. The third-order valence-corrected chi connectivity index (χ3v) is 17.4. The Hall–Kier alpha value is -3.91. The number of carbonyl (C=O) groups excluding carboxylic acids is 7. The lowest BCUT2D eigenvalue weighted by molar-refractivity contribution is -0.160. The zero-order chi connectivity index (χ0) is 55.2. The van der Waals surface area contributed by atoms with E-state index in [-0.39, 0.29) is 82.4 Å². The molecule has 19 nitrogen and oxygen atoms in total. The molecule has 0 amide bonds. The number of fused-ring (bicyclic) bond motifs is 4. The SMILES string of the molecule is O=C(CCCCCOCC(CC(=O)OCCCCCC(=O)OCC1CCC2OC2C1)C(CC(=O)OCCCCCC(=O)OCC1CCC2OC2C1)C(=O)OCCCCCC(=O)OCC1CCC2OC2C1)OCC1CCC2OC2C1. The number of carbonyl (C=O) groups is 7. The van der Waals surface area contributed by atoms with E-state index in [2.05, 4.69) is 0 Å². The summed E-state index contributed by atoms with van der Waals surface area (Å²) in [5.74, 6) is -3.34. The average Bonchev–Trinajstić information content (AvgIpc) is 4.29. The highest BCUT2D eigenvalue weighted by Crippen LogP contribution is 2.42. The number of hydrogen-bond acceptors (Lipinski definition) is 19. The van der Waals surface area contributed by atoms with Crippen molar-refractivity contribution in [2.24, 2.45) is 35.5 Å². The van der Waals surface area contributed by atoms with Crippen molar-refractivity contribution < 1.29 is 90.4 Å². The molecule has 4 saturated heterocycles. The fourth-order valence-corrected chi connectivity index (χ4v) is 12.1. The Morgan fingerprint density at radius 2 is 0.658 bits per heavy atom. The Morgan fingerprint density at radius 3 is 1.01 bits per heavy atom. The number of ether oxygens (including phenoxy) is 12. The minimum Gasteiger partial charge on any atom is -0.466 e. The molecule has 14 unspecified atom stereocenters. The van der Waals surface area contributed by atoms with E-state index in [0.29, 0.717) is 189 Å². The number of rotatable bonds is 40. The molecule has 0 aromatic rings. The lowest BCUT2D eigenvalue weighted by Gasteiger charge is -2.25. The van der Waals surface area contributed by atoms with Crippen molar-refractivity contribution in [2.75, 3.05) is 59.5 Å². The smallest absolute Gasteiger partial charge is 0.309 e. The molecule has 79 heavy (non-hydrogen) atoms. The van der Waals surface area contributed by atoms with Crippen LogP contribution in [-0.4, -0.2) is 150 Å². The van der Waals surface area contributed by atoms with Gasteiger partial charge in [-0.25, -0.2) is 0 Å². The molecule has 4 saturated carbocycles. The molecule has 8 aliphatic rings. The zero-order valence-corrected chi connectivity index (χ0v) is 46.9. The molecule has 19 heteroatoms. The van der Waals surface area contributed by atoms with E-state index in [1.807, 2.05) is 0 Å². The fraction of sp³-hybridized carbons (Fsp3) is 0.883. The van der Waals surface area contributed by atoms with Crippen molar-refractivity contribution in [1.82, 2.24) is 0 Å². The van der Waals surface area contributed by atoms with Crippen molar-refractivity contribution in [3.8, 4) is 0 Å². The molecule has 0 N–H and O–H groups in total. The minimum absolute atomic E-state index is 0.0443. The summed E-state index contributed by atoms with van der Waals surface area (Å²) in [7, 11) is 0. The summed E-state index contributed by atoms with van der Waals surface area (Å²) in [6, 6.07) is 0. The van der Waals surface area contributed by atoms with Crippen molar-refractivity contribution in [3.05, 3.63) is 0 Å².